The molecule has 0 spiro atoms. The minimum absolute atomic E-state index is 0.0431. The molecule has 0 saturated heterocycles. The molecule has 0 aliphatic rings. The highest BCUT2D eigenvalue weighted by Gasteiger charge is 2.51. The summed E-state index contributed by atoms with van der Waals surface area (Å²) in [6, 6.07) is 1.15. The van der Waals surface area contributed by atoms with Crippen LogP contribution in [-0.4, -0.2) is 22.5 Å². The van der Waals surface area contributed by atoms with Gasteiger partial charge in [0.1, 0.15) is 15.6 Å². The maximum absolute atomic E-state index is 13.9. The fourth-order valence-corrected chi connectivity index (χ4v) is 4.99. The molecule has 0 saturated carbocycles. The number of hydrogen-bond donors (Lipinski definition) is 1. The van der Waals surface area contributed by atoms with Crippen LogP contribution in [0.5, 0.6) is 0 Å². The molecule has 1 aromatic heterocycles. The zero-order valence-electron chi connectivity index (χ0n) is 12.1. The number of rotatable bonds is 3. The van der Waals surface area contributed by atoms with Gasteiger partial charge in [-0.25, -0.2) is 8.42 Å². The lowest BCUT2D eigenvalue weighted by Gasteiger charge is -2.22. The third-order valence-corrected chi connectivity index (χ3v) is 7.41. The van der Waals surface area contributed by atoms with Crippen LogP contribution in [0.2, 0.25) is 10.0 Å². The molecule has 27 heavy (non-hydrogen) atoms. The standard InChI is InChI=1S/C12H2BrCl4F4N3O2S/c13-10-4(2-23-24-10)5-7(14)3(1-22)6(11(18,19)20)9(8(5)15)27(25,26)12(16,17)21/h2H,(H,23,24). The Morgan fingerprint density at radius 2 is 1.74 bits per heavy atom. The Kier molecular flexibility index (Phi) is 6.04. The predicted octanol–water partition coefficient (Wildman–Crippen LogP) is 5.87. The van der Waals surface area contributed by atoms with Crippen LogP contribution < -0.4 is 0 Å². The van der Waals surface area contributed by atoms with Crippen molar-refractivity contribution in [2.24, 2.45) is 0 Å². The first kappa shape index (κ1) is 22.5. The number of benzene rings is 1. The van der Waals surface area contributed by atoms with E-state index in [9.17, 15) is 31.2 Å². The van der Waals surface area contributed by atoms with Gasteiger partial charge in [-0.05, 0) is 39.1 Å². The van der Waals surface area contributed by atoms with Gasteiger partial charge in [0.05, 0.1) is 27.4 Å². The number of nitrogens with one attached hydrogen (secondary N) is 1. The largest absolute Gasteiger partial charge is 0.419 e. The van der Waals surface area contributed by atoms with E-state index in [1.807, 2.05) is 0 Å². The molecule has 0 aliphatic carbocycles. The zero-order chi connectivity index (χ0) is 20.9. The van der Waals surface area contributed by atoms with Crippen LogP contribution >= 0.6 is 62.3 Å². The van der Waals surface area contributed by atoms with Crippen LogP contribution in [0, 0.1) is 11.3 Å². The van der Waals surface area contributed by atoms with E-state index in [2.05, 4.69) is 26.1 Å². The van der Waals surface area contributed by atoms with Crippen LogP contribution in [-0.2, 0) is 16.0 Å². The Balaban J connectivity index is 3.21. The fraction of sp³-hybridized carbons (Fsp3) is 0.167. The van der Waals surface area contributed by atoms with Crippen LogP contribution in [0.3, 0.4) is 0 Å². The minimum Gasteiger partial charge on any atom is -0.271 e. The Bertz CT molecular complexity index is 1070. The topological polar surface area (TPSA) is 86.6 Å². The lowest BCUT2D eigenvalue weighted by molar-refractivity contribution is -0.140. The number of nitriles is 1. The number of H-pyrrole nitrogens is 1. The number of nitrogens with zero attached hydrogens (tertiary/aromatic N) is 2. The van der Waals surface area contributed by atoms with Gasteiger partial charge in [-0.3, -0.25) is 5.10 Å². The number of sulfone groups is 1. The molecule has 0 bridgehead atoms. The first-order valence-corrected chi connectivity index (χ1v) is 9.97. The summed E-state index contributed by atoms with van der Waals surface area (Å²) in [6.07, 6.45) is -4.43. The SMILES string of the molecule is N#Cc1c(Cl)c(-c2cn[nH]c2Br)c(Cl)c(S(=O)(=O)C(F)(Cl)Cl)c1C(F)(F)F. The smallest absolute Gasteiger partial charge is 0.271 e. The molecule has 146 valence electrons. The molecule has 1 heterocycles. The van der Waals surface area contributed by atoms with E-state index in [1.54, 1.807) is 0 Å². The summed E-state index contributed by atoms with van der Waals surface area (Å²) in [7, 11) is -5.74. The Hall–Kier alpha value is -0.770. The van der Waals surface area contributed by atoms with Crippen molar-refractivity contribution in [2.75, 3.05) is 0 Å². The van der Waals surface area contributed by atoms with Crippen LogP contribution in [0.25, 0.3) is 11.1 Å². The van der Waals surface area contributed by atoms with E-state index in [4.69, 9.17) is 46.4 Å². The second-order valence-electron chi connectivity index (χ2n) is 4.74. The van der Waals surface area contributed by atoms with Gasteiger partial charge in [0, 0.05) is 11.1 Å². The molecular weight excluding hydrogens is 548 g/mol. The summed E-state index contributed by atoms with van der Waals surface area (Å²) in [5, 5.41) is 13.1. The van der Waals surface area contributed by atoms with Gasteiger partial charge in [-0.1, -0.05) is 23.2 Å². The number of hydrogen-bond acceptors (Lipinski definition) is 4. The average molecular weight is 550 g/mol. The van der Waals surface area contributed by atoms with Crippen LogP contribution in [0.1, 0.15) is 11.1 Å². The lowest BCUT2D eigenvalue weighted by atomic mass is 10.0. The van der Waals surface area contributed by atoms with E-state index in [0.717, 1.165) is 12.3 Å². The first-order chi connectivity index (χ1) is 12.2. The van der Waals surface area contributed by atoms with Crippen LogP contribution in [0.15, 0.2) is 15.7 Å². The highest BCUT2D eigenvalue weighted by molar-refractivity contribution is 9.10. The van der Waals surface area contributed by atoms with Gasteiger partial charge >= 0.3 is 10.1 Å². The first-order valence-electron chi connectivity index (χ1n) is 6.19. The summed E-state index contributed by atoms with van der Waals surface area (Å²) in [5.41, 5.74) is -4.03. The molecule has 2 rings (SSSR count). The fourth-order valence-electron chi connectivity index (χ4n) is 2.09. The van der Waals surface area contributed by atoms with Crippen molar-refractivity contribution in [3.05, 3.63) is 32.0 Å². The second-order valence-corrected chi connectivity index (χ2v) is 9.95. The number of aromatic amines is 1. The summed E-state index contributed by atoms with van der Waals surface area (Å²) in [5.74, 6) is 0. The molecule has 15 heteroatoms. The highest BCUT2D eigenvalue weighted by atomic mass is 79.9. The van der Waals surface area contributed by atoms with Crippen molar-refractivity contribution < 1.29 is 26.0 Å². The summed E-state index contributed by atoms with van der Waals surface area (Å²) < 4.78 is 75.0. The normalized spacial score (nSPS) is 12.9. The quantitative estimate of drug-likeness (QED) is 0.383. The predicted molar refractivity (Wildman–Crippen MR) is 94.2 cm³/mol. The van der Waals surface area contributed by atoms with E-state index in [1.165, 1.54) is 0 Å². The second kappa shape index (κ2) is 7.24. The Morgan fingerprint density at radius 3 is 2.11 bits per heavy atom. The van der Waals surface area contributed by atoms with E-state index in [-0.39, 0.29) is 10.2 Å². The van der Waals surface area contributed by atoms with Crippen molar-refractivity contribution in [1.82, 2.24) is 10.2 Å². The molecule has 0 fully saturated rings. The van der Waals surface area contributed by atoms with Crippen molar-refractivity contribution in [3.63, 3.8) is 0 Å². The van der Waals surface area contributed by atoms with Gasteiger partial charge in [0.25, 0.3) is 0 Å². The minimum atomic E-state index is -5.74. The lowest BCUT2D eigenvalue weighted by Crippen LogP contribution is -2.26. The molecule has 0 atom stereocenters. The zero-order valence-corrected chi connectivity index (χ0v) is 17.5. The van der Waals surface area contributed by atoms with Crippen molar-refractivity contribution in [2.45, 2.75) is 15.0 Å². The molecule has 0 unspecified atom stereocenters. The van der Waals surface area contributed by atoms with Gasteiger partial charge in [-0.2, -0.15) is 27.9 Å². The number of halogens is 9. The van der Waals surface area contributed by atoms with Crippen molar-refractivity contribution in [3.8, 4) is 17.2 Å². The molecule has 5 nitrogen and oxygen atoms in total. The van der Waals surface area contributed by atoms with E-state index >= 15 is 0 Å². The van der Waals surface area contributed by atoms with Crippen molar-refractivity contribution in [1.29, 1.82) is 5.26 Å². The van der Waals surface area contributed by atoms with Crippen molar-refractivity contribution >= 4 is 72.2 Å². The molecular formula is C12H2BrCl4F4N3O2S. The third kappa shape index (κ3) is 3.75. The number of aromatic nitrogens is 2. The van der Waals surface area contributed by atoms with Gasteiger partial charge in [-0.15, -0.1) is 0 Å². The summed E-state index contributed by atoms with van der Waals surface area (Å²) >= 11 is 24.6. The maximum atomic E-state index is 13.9. The summed E-state index contributed by atoms with van der Waals surface area (Å²) in [4.78, 5) is -1.83. The molecule has 0 aliphatic heterocycles. The Morgan fingerprint density at radius 1 is 1.19 bits per heavy atom. The molecule has 0 amide bonds. The molecule has 2 aromatic rings. The van der Waals surface area contributed by atoms with Gasteiger partial charge < -0.3 is 0 Å². The van der Waals surface area contributed by atoms with E-state index in [0.29, 0.717) is 0 Å². The molecule has 1 N–H and O–H groups in total. The Labute approximate surface area is 177 Å². The highest BCUT2D eigenvalue weighted by Crippen LogP contribution is 2.52. The van der Waals surface area contributed by atoms with Crippen LogP contribution in [0.4, 0.5) is 17.6 Å². The van der Waals surface area contributed by atoms with Gasteiger partial charge in [0.15, 0.2) is 0 Å². The van der Waals surface area contributed by atoms with E-state index < -0.39 is 51.6 Å². The average Bonchev–Trinajstić information content (AvgIpc) is 2.90. The van der Waals surface area contributed by atoms with Gasteiger partial charge in [0.2, 0.25) is 9.84 Å². The summed E-state index contributed by atoms with van der Waals surface area (Å²) in [6.45, 7) is 0. The molecule has 1 aromatic carbocycles. The third-order valence-electron chi connectivity index (χ3n) is 3.17. The molecule has 0 radical (unpaired) electrons. The maximum Gasteiger partial charge on any atom is 0.419 e. The monoisotopic (exact) mass is 547 g/mol. The number of alkyl halides is 6.